The Balaban J connectivity index is 4.27. The largest absolute Gasteiger partial charge is 0.462 e. The topological polar surface area (TPSA) is 78.9 Å². The molecule has 0 N–H and O–H groups in total. The Hall–Kier alpha value is -3.15. The van der Waals surface area contributed by atoms with Gasteiger partial charge in [0.25, 0.3) is 0 Å². The quantitative estimate of drug-likeness (QED) is 0.0264. The summed E-state index contributed by atoms with van der Waals surface area (Å²) in [5.41, 5.74) is 0. The van der Waals surface area contributed by atoms with Gasteiger partial charge < -0.3 is 14.2 Å². The molecular formula is C52H88O6. The highest BCUT2D eigenvalue weighted by molar-refractivity contribution is 5.71. The minimum atomic E-state index is -0.779. The predicted octanol–water partition coefficient (Wildman–Crippen LogP) is 15.5. The molecule has 0 aliphatic carbocycles. The van der Waals surface area contributed by atoms with Crippen LogP contribution in [0.1, 0.15) is 220 Å². The maximum Gasteiger partial charge on any atom is 0.306 e. The molecule has 1 atom stereocenters. The fourth-order valence-electron chi connectivity index (χ4n) is 6.38. The van der Waals surface area contributed by atoms with Crippen molar-refractivity contribution in [2.75, 3.05) is 13.2 Å². The first-order chi connectivity index (χ1) is 28.5. The molecule has 0 aromatic carbocycles. The lowest BCUT2D eigenvalue weighted by Gasteiger charge is -2.18. The van der Waals surface area contributed by atoms with E-state index in [4.69, 9.17) is 14.2 Å². The highest BCUT2D eigenvalue weighted by Crippen LogP contribution is 2.13. The summed E-state index contributed by atoms with van der Waals surface area (Å²) in [6, 6.07) is 0. The van der Waals surface area contributed by atoms with Gasteiger partial charge in [0.15, 0.2) is 6.10 Å². The number of carbonyl (C=O) groups is 3. The van der Waals surface area contributed by atoms with Crippen LogP contribution in [0.4, 0.5) is 0 Å². The van der Waals surface area contributed by atoms with Gasteiger partial charge in [-0.05, 0) is 70.6 Å². The van der Waals surface area contributed by atoms with Gasteiger partial charge in [-0.25, -0.2) is 0 Å². The molecule has 0 aliphatic heterocycles. The van der Waals surface area contributed by atoms with Crippen LogP contribution in [-0.2, 0) is 28.6 Å². The molecule has 0 heterocycles. The average Bonchev–Trinajstić information content (AvgIpc) is 3.22. The maximum atomic E-state index is 12.7. The van der Waals surface area contributed by atoms with Crippen LogP contribution in [-0.4, -0.2) is 37.2 Å². The van der Waals surface area contributed by atoms with Crippen LogP contribution >= 0.6 is 0 Å². The molecule has 0 amide bonds. The van der Waals surface area contributed by atoms with Gasteiger partial charge in [-0.1, -0.05) is 203 Å². The van der Waals surface area contributed by atoms with Crippen molar-refractivity contribution >= 4 is 17.9 Å². The van der Waals surface area contributed by atoms with Crippen LogP contribution in [0.15, 0.2) is 72.9 Å². The van der Waals surface area contributed by atoms with Crippen molar-refractivity contribution in [3.8, 4) is 0 Å². The lowest BCUT2D eigenvalue weighted by atomic mass is 10.1. The van der Waals surface area contributed by atoms with E-state index in [1.54, 1.807) is 0 Å². The Morgan fingerprint density at radius 2 is 0.672 bits per heavy atom. The van der Waals surface area contributed by atoms with Gasteiger partial charge in [0.2, 0.25) is 0 Å². The monoisotopic (exact) mass is 809 g/mol. The van der Waals surface area contributed by atoms with Crippen molar-refractivity contribution in [2.45, 2.75) is 226 Å². The number of hydrogen-bond donors (Lipinski definition) is 0. The van der Waals surface area contributed by atoms with Crippen LogP contribution in [0.3, 0.4) is 0 Å². The molecule has 0 aromatic heterocycles. The first-order valence-electron chi connectivity index (χ1n) is 23.9. The molecule has 0 saturated heterocycles. The maximum absolute atomic E-state index is 12.7. The molecule has 0 aliphatic rings. The van der Waals surface area contributed by atoms with Gasteiger partial charge >= 0.3 is 17.9 Å². The van der Waals surface area contributed by atoms with E-state index >= 15 is 0 Å². The van der Waals surface area contributed by atoms with Crippen LogP contribution < -0.4 is 0 Å². The second kappa shape index (κ2) is 46.5. The highest BCUT2D eigenvalue weighted by atomic mass is 16.6. The zero-order chi connectivity index (χ0) is 42.3. The second-order valence-electron chi connectivity index (χ2n) is 15.6. The molecule has 0 fully saturated rings. The lowest BCUT2D eigenvalue weighted by Crippen LogP contribution is -2.30. The fraction of sp³-hybridized carbons (Fsp3) is 0.712. The summed E-state index contributed by atoms with van der Waals surface area (Å²) >= 11 is 0. The Morgan fingerprint density at radius 3 is 1.05 bits per heavy atom. The summed E-state index contributed by atoms with van der Waals surface area (Å²) in [6.07, 6.45) is 57.6. The van der Waals surface area contributed by atoms with Gasteiger partial charge in [-0.3, -0.25) is 14.4 Å². The SMILES string of the molecule is CC/C=C\C/C=C\C/C=C\C/C=C\C/C=C\C/C=C\CCCCCCC(=O)OCC(COC(=O)CCCCCCCCCC)OC(=O)CCCCCCCCCCC. The van der Waals surface area contributed by atoms with Gasteiger partial charge in [-0.2, -0.15) is 0 Å². The first kappa shape index (κ1) is 54.9. The third-order valence-electron chi connectivity index (χ3n) is 9.98. The third kappa shape index (κ3) is 44.0. The number of allylic oxidation sites excluding steroid dienone is 12. The summed E-state index contributed by atoms with van der Waals surface area (Å²) in [4.78, 5) is 37.6. The van der Waals surface area contributed by atoms with Crippen molar-refractivity contribution in [2.24, 2.45) is 0 Å². The highest BCUT2D eigenvalue weighted by Gasteiger charge is 2.19. The van der Waals surface area contributed by atoms with E-state index in [1.807, 2.05) is 0 Å². The van der Waals surface area contributed by atoms with E-state index in [2.05, 4.69) is 93.7 Å². The van der Waals surface area contributed by atoms with E-state index < -0.39 is 6.10 Å². The molecular weight excluding hydrogens is 721 g/mol. The van der Waals surface area contributed by atoms with E-state index in [0.29, 0.717) is 19.3 Å². The first-order valence-corrected chi connectivity index (χ1v) is 23.9. The number of rotatable bonds is 42. The van der Waals surface area contributed by atoms with Crippen LogP contribution in [0.2, 0.25) is 0 Å². The van der Waals surface area contributed by atoms with Crippen molar-refractivity contribution in [3.63, 3.8) is 0 Å². The van der Waals surface area contributed by atoms with Crippen LogP contribution in [0.25, 0.3) is 0 Å². The Bertz CT molecular complexity index is 1110. The molecule has 6 nitrogen and oxygen atoms in total. The molecule has 0 bridgehead atoms. The van der Waals surface area contributed by atoms with Crippen LogP contribution in [0, 0.1) is 0 Å². The number of esters is 3. The molecule has 0 spiro atoms. The van der Waals surface area contributed by atoms with Gasteiger partial charge in [0.05, 0.1) is 0 Å². The van der Waals surface area contributed by atoms with Crippen molar-refractivity contribution < 1.29 is 28.6 Å². The number of ether oxygens (including phenoxy) is 3. The zero-order valence-corrected chi connectivity index (χ0v) is 37.8. The molecule has 58 heavy (non-hydrogen) atoms. The number of unbranched alkanes of at least 4 members (excludes halogenated alkanes) is 19. The predicted molar refractivity (Wildman–Crippen MR) is 247 cm³/mol. The smallest absolute Gasteiger partial charge is 0.306 e. The molecule has 6 heteroatoms. The average molecular weight is 809 g/mol. The van der Waals surface area contributed by atoms with E-state index in [1.165, 1.54) is 70.6 Å². The minimum absolute atomic E-state index is 0.0821. The van der Waals surface area contributed by atoms with E-state index in [-0.39, 0.29) is 31.1 Å². The number of carbonyl (C=O) groups excluding carboxylic acids is 3. The molecule has 0 aromatic rings. The van der Waals surface area contributed by atoms with Gasteiger partial charge in [0.1, 0.15) is 13.2 Å². The molecule has 0 saturated carbocycles. The molecule has 332 valence electrons. The fourth-order valence-corrected chi connectivity index (χ4v) is 6.38. The number of hydrogen-bond acceptors (Lipinski definition) is 6. The zero-order valence-electron chi connectivity index (χ0n) is 37.8. The Labute approximate surface area is 357 Å². The van der Waals surface area contributed by atoms with Crippen LogP contribution in [0.5, 0.6) is 0 Å². The lowest BCUT2D eigenvalue weighted by molar-refractivity contribution is -0.167. The summed E-state index contributed by atoms with van der Waals surface area (Å²) in [5.74, 6) is -0.918. The molecule has 0 radical (unpaired) electrons. The normalized spacial score (nSPS) is 12.7. The van der Waals surface area contributed by atoms with Crippen molar-refractivity contribution in [3.05, 3.63) is 72.9 Å². The molecule has 0 rings (SSSR count). The second-order valence-corrected chi connectivity index (χ2v) is 15.6. The van der Waals surface area contributed by atoms with E-state index in [9.17, 15) is 14.4 Å². The van der Waals surface area contributed by atoms with Crippen molar-refractivity contribution in [1.82, 2.24) is 0 Å². The van der Waals surface area contributed by atoms with Crippen molar-refractivity contribution in [1.29, 1.82) is 0 Å². The summed E-state index contributed by atoms with van der Waals surface area (Å²) in [5, 5.41) is 0. The third-order valence-corrected chi connectivity index (χ3v) is 9.98. The summed E-state index contributed by atoms with van der Waals surface area (Å²) in [6.45, 7) is 6.44. The summed E-state index contributed by atoms with van der Waals surface area (Å²) in [7, 11) is 0. The van der Waals surface area contributed by atoms with Gasteiger partial charge in [-0.15, -0.1) is 0 Å². The van der Waals surface area contributed by atoms with E-state index in [0.717, 1.165) is 109 Å². The molecule has 1 unspecified atom stereocenters. The Kier molecular flexibility index (Phi) is 44.0. The standard InChI is InChI=1S/C52H88O6/c1-4-7-10-13-16-19-20-21-22-23-24-25-26-27-28-29-30-31-32-34-36-39-42-45-51(54)57-48-49(47-56-50(53)44-41-38-35-18-15-12-9-6-3)58-52(55)46-43-40-37-33-17-14-11-8-5-2/h7,10,16,19,21-22,24-25,27-28,30-31,49H,4-6,8-9,11-15,17-18,20,23,26,29,32-48H2,1-3H3/b10-7-,19-16-,22-21-,25-24-,28-27-,31-30-. The minimum Gasteiger partial charge on any atom is -0.462 e. The van der Waals surface area contributed by atoms with Gasteiger partial charge in [0, 0.05) is 19.3 Å². The summed E-state index contributed by atoms with van der Waals surface area (Å²) < 4.78 is 16.6. The Morgan fingerprint density at radius 1 is 0.362 bits per heavy atom.